The minimum atomic E-state index is -5.06. The molecule has 0 atom stereocenters. The summed E-state index contributed by atoms with van der Waals surface area (Å²) in [5.74, 6) is -7.95. The van der Waals surface area contributed by atoms with Crippen molar-refractivity contribution in [2.75, 3.05) is 0 Å². The molecule has 0 saturated carbocycles. The minimum Gasteiger partial charge on any atom is -1.00 e. The molecule has 0 bridgehead atoms. The quantitative estimate of drug-likeness (QED) is 0.401. The molecule has 0 aliphatic heterocycles. The van der Waals surface area contributed by atoms with Crippen LogP contribution in [0.25, 0.3) is 0 Å². The monoisotopic (exact) mass is 204 g/mol. The fourth-order valence-corrected chi connectivity index (χ4v) is 0.141. The molecule has 0 aromatic rings. The summed E-state index contributed by atoms with van der Waals surface area (Å²) >= 11 is 0. The Morgan fingerprint density at radius 2 is 1.82 bits per heavy atom. The molecule has 0 N–H and O–H groups in total. The third-order valence-corrected chi connectivity index (χ3v) is 0.616. The number of carbonyl (C=O) groups excluding carboxylic acids is 1. The maximum Gasteiger partial charge on any atom is 1.00 e. The van der Waals surface area contributed by atoms with E-state index in [-0.39, 0.29) is 52.8 Å². The number of hydrogen-bond donors (Lipinski definition) is 0. The summed E-state index contributed by atoms with van der Waals surface area (Å²) in [4.78, 5) is 11.4. The molecule has 0 unspecified atom stereocenters. The van der Waals surface area contributed by atoms with Gasteiger partial charge in [0.15, 0.2) is 0 Å². The Kier molecular flexibility index (Phi) is 7.03. The molecule has 0 aromatic carbocycles. The topological polar surface area (TPSA) is 26.3 Å². The standard InChI is InChI=1S/C3HF5O2.K.H/c4-1(5)3(6,7)2(9)10-8;;/h1H;;/q;+1;-1. The minimum absolute atomic E-state index is 0. The summed E-state index contributed by atoms with van der Waals surface area (Å²) in [5.41, 5.74) is 0. The van der Waals surface area contributed by atoms with Gasteiger partial charge in [-0.3, -0.25) is 0 Å². The molecule has 2 nitrogen and oxygen atoms in total. The number of alkyl halides is 4. The zero-order valence-electron chi connectivity index (χ0n) is 6.28. The van der Waals surface area contributed by atoms with Crippen molar-refractivity contribution in [1.82, 2.24) is 0 Å². The van der Waals surface area contributed by atoms with E-state index in [1.165, 1.54) is 0 Å². The van der Waals surface area contributed by atoms with Crippen LogP contribution in [0.4, 0.5) is 22.1 Å². The Hall–Kier alpha value is 0.756. The van der Waals surface area contributed by atoms with Crippen molar-refractivity contribution in [1.29, 1.82) is 0 Å². The van der Waals surface area contributed by atoms with Crippen molar-refractivity contribution in [2.45, 2.75) is 12.3 Å². The average molecular weight is 204 g/mol. The second kappa shape index (κ2) is 5.41. The molecule has 0 aliphatic rings. The van der Waals surface area contributed by atoms with Crippen LogP contribution in [0, 0.1) is 0 Å². The van der Waals surface area contributed by atoms with Gasteiger partial charge in [0.25, 0.3) is 0 Å². The molecule has 0 amide bonds. The molecular formula is C3H2F5KO2. The molecule has 0 saturated heterocycles. The van der Waals surface area contributed by atoms with E-state index in [1.54, 1.807) is 0 Å². The van der Waals surface area contributed by atoms with E-state index in [9.17, 15) is 26.9 Å². The Labute approximate surface area is 102 Å². The van der Waals surface area contributed by atoms with Crippen LogP contribution in [0.1, 0.15) is 1.43 Å². The zero-order valence-corrected chi connectivity index (χ0v) is 8.41. The third-order valence-electron chi connectivity index (χ3n) is 0.616. The number of carbonyl (C=O) groups is 1. The first-order chi connectivity index (χ1) is 4.42. The fourth-order valence-electron chi connectivity index (χ4n) is 0.141. The average Bonchev–Trinajstić information content (AvgIpc) is 1.86. The van der Waals surface area contributed by atoms with E-state index in [4.69, 9.17) is 0 Å². The number of hydrogen-bond acceptors (Lipinski definition) is 2. The molecular weight excluding hydrogens is 202 g/mol. The second-order valence-electron chi connectivity index (χ2n) is 1.29. The molecule has 0 aliphatic carbocycles. The van der Waals surface area contributed by atoms with Crippen molar-refractivity contribution in [3.8, 4) is 0 Å². The molecule has 0 heterocycles. The van der Waals surface area contributed by atoms with Crippen LogP contribution in [0.5, 0.6) is 0 Å². The smallest absolute Gasteiger partial charge is 1.00 e. The van der Waals surface area contributed by atoms with E-state index in [1.807, 2.05) is 4.94 Å². The van der Waals surface area contributed by atoms with Crippen LogP contribution in [0.2, 0.25) is 0 Å². The van der Waals surface area contributed by atoms with Gasteiger partial charge in [-0.2, -0.15) is 8.78 Å². The van der Waals surface area contributed by atoms with E-state index in [0.717, 1.165) is 0 Å². The molecule has 0 rings (SSSR count). The van der Waals surface area contributed by atoms with E-state index in [2.05, 4.69) is 0 Å². The fraction of sp³-hybridized carbons (Fsp3) is 0.667. The summed E-state index contributed by atoms with van der Waals surface area (Å²) in [6.07, 6.45) is -4.25. The van der Waals surface area contributed by atoms with Gasteiger partial charge in [-0.1, -0.05) is 0 Å². The van der Waals surface area contributed by atoms with Gasteiger partial charge in [0, 0.05) is 4.53 Å². The van der Waals surface area contributed by atoms with Crippen LogP contribution in [-0.2, 0) is 9.74 Å². The first kappa shape index (κ1) is 14.3. The molecule has 0 fully saturated rings. The van der Waals surface area contributed by atoms with Crippen molar-refractivity contribution in [3.63, 3.8) is 0 Å². The summed E-state index contributed by atoms with van der Waals surface area (Å²) in [6, 6.07) is 0. The van der Waals surface area contributed by atoms with E-state index < -0.39 is 18.3 Å². The van der Waals surface area contributed by atoms with Crippen molar-refractivity contribution in [2.24, 2.45) is 0 Å². The molecule has 0 spiro atoms. The van der Waals surface area contributed by atoms with Gasteiger partial charge in [-0.15, -0.1) is 0 Å². The van der Waals surface area contributed by atoms with Gasteiger partial charge in [0.2, 0.25) is 0 Å². The maximum atomic E-state index is 11.5. The van der Waals surface area contributed by atoms with Gasteiger partial charge in [-0.25, -0.2) is 18.5 Å². The number of halogens is 5. The van der Waals surface area contributed by atoms with Crippen LogP contribution in [-0.4, -0.2) is 18.3 Å². The van der Waals surface area contributed by atoms with Crippen LogP contribution in [0.15, 0.2) is 0 Å². The first-order valence-electron chi connectivity index (χ1n) is 1.92. The van der Waals surface area contributed by atoms with Gasteiger partial charge >= 0.3 is 69.7 Å². The normalized spacial score (nSPS) is 10.7. The molecule has 11 heavy (non-hydrogen) atoms. The third kappa shape index (κ3) is 3.79. The SMILES string of the molecule is O=C(OF)C(F)(F)C(F)F.[H-].[K+]. The van der Waals surface area contributed by atoms with Gasteiger partial charge in [-0.05, 0) is 0 Å². The Morgan fingerprint density at radius 1 is 1.45 bits per heavy atom. The van der Waals surface area contributed by atoms with Crippen LogP contribution >= 0.6 is 0 Å². The second-order valence-corrected chi connectivity index (χ2v) is 1.29. The Morgan fingerprint density at radius 3 is 1.91 bits per heavy atom. The van der Waals surface area contributed by atoms with Crippen molar-refractivity contribution < 1.29 is 84.6 Å². The predicted molar refractivity (Wildman–Crippen MR) is 19.3 cm³/mol. The van der Waals surface area contributed by atoms with Crippen molar-refractivity contribution >= 4 is 5.97 Å². The van der Waals surface area contributed by atoms with Gasteiger partial charge in [0.1, 0.15) is 0 Å². The van der Waals surface area contributed by atoms with Crippen LogP contribution < -0.4 is 51.4 Å². The predicted octanol–water partition coefficient (Wildman–Crippen LogP) is -1.57. The van der Waals surface area contributed by atoms with Gasteiger partial charge in [0.05, 0.1) is 0 Å². The number of rotatable bonds is 2. The Balaban J connectivity index is -0.000000405. The largest absolute Gasteiger partial charge is 1.00 e. The summed E-state index contributed by atoms with van der Waals surface area (Å²) < 4.78 is 55.6. The first-order valence-corrected chi connectivity index (χ1v) is 1.92. The summed E-state index contributed by atoms with van der Waals surface area (Å²) in [5, 5.41) is 0. The van der Waals surface area contributed by atoms with Crippen molar-refractivity contribution in [3.05, 3.63) is 0 Å². The zero-order chi connectivity index (χ0) is 8.36. The van der Waals surface area contributed by atoms with Gasteiger partial charge < -0.3 is 1.43 Å². The summed E-state index contributed by atoms with van der Waals surface area (Å²) in [7, 11) is 0. The van der Waals surface area contributed by atoms with E-state index in [0.29, 0.717) is 0 Å². The molecule has 0 aromatic heterocycles. The Bertz CT molecular complexity index is 143. The molecule has 0 radical (unpaired) electrons. The molecule has 62 valence electrons. The van der Waals surface area contributed by atoms with Crippen LogP contribution in [0.3, 0.4) is 0 Å². The van der Waals surface area contributed by atoms with E-state index >= 15 is 0 Å². The summed E-state index contributed by atoms with van der Waals surface area (Å²) in [6.45, 7) is 0. The maximum absolute atomic E-state index is 11.5. The molecule has 8 heteroatoms.